The average Bonchev–Trinajstić information content (AvgIpc) is 2.41. The Balaban J connectivity index is 1.82. The van der Waals surface area contributed by atoms with E-state index in [0.29, 0.717) is 24.6 Å². The molecule has 2 rings (SSSR count). The maximum Gasteiger partial charge on any atom is 0.306 e. The SMILES string of the molecule is CCOC(=O)CC1CCN(c2ccc(N)cn2)CC1. The molecule has 0 aliphatic carbocycles. The van der Waals surface area contributed by atoms with Crippen LogP contribution in [0.2, 0.25) is 0 Å². The molecule has 0 aromatic carbocycles. The van der Waals surface area contributed by atoms with Gasteiger partial charge in [-0.15, -0.1) is 0 Å². The van der Waals surface area contributed by atoms with E-state index in [0.717, 1.165) is 31.7 Å². The van der Waals surface area contributed by atoms with Gasteiger partial charge in [-0.05, 0) is 37.8 Å². The van der Waals surface area contributed by atoms with Crippen molar-refractivity contribution in [1.29, 1.82) is 0 Å². The number of hydrogen-bond acceptors (Lipinski definition) is 5. The molecule has 0 amide bonds. The fourth-order valence-corrected chi connectivity index (χ4v) is 2.41. The lowest BCUT2D eigenvalue weighted by Gasteiger charge is -2.32. The summed E-state index contributed by atoms with van der Waals surface area (Å²) in [5.74, 6) is 1.32. The van der Waals surface area contributed by atoms with Crippen LogP contribution >= 0.6 is 0 Å². The summed E-state index contributed by atoms with van der Waals surface area (Å²) >= 11 is 0. The molecule has 1 fully saturated rings. The van der Waals surface area contributed by atoms with E-state index in [-0.39, 0.29) is 5.97 Å². The molecule has 1 aliphatic heterocycles. The van der Waals surface area contributed by atoms with Crippen molar-refractivity contribution in [2.24, 2.45) is 5.92 Å². The van der Waals surface area contributed by atoms with Gasteiger partial charge in [0.25, 0.3) is 0 Å². The molecule has 5 nitrogen and oxygen atoms in total. The number of nitrogen functional groups attached to an aromatic ring is 1. The number of esters is 1. The van der Waals surface area contributed by atoms with Gasteiger partial charge in [-0.1, -0.05) is 0 Å². The molecule has 1 aromatic heterocycles. The Bertz CT molecular complexity index is 411. The number of ether oxygens (including phenoxy) is 1. The van der Waals surface area contributed by atoms with Crippen LogP contribution in [0, 0.1) is 5.92 Å². The molecule has 1 saturated heterocycles. The van der Waals surface area contributed by atoms with Crippen LogP contribution < -0.4 is 10.6 Å². The fourth-order valence-electron chi connectivity index (χ4n) is 2.41. The second-order valence-corrected chi connectivity index (χ2v) is 4.89. The van der Waals surface area contributed by atoms with Gasteiger partial charge in [-0.3, -0.25) is 4.79 Å². The molecule has 0 spiro atoms. The molecule has 1 aromatic rings. The maximum atomic E-state index is 11.4. The summed E-state index contributed by atoms with van der Waals surface area (Å²) in [5, 5.41) is 0. The minimum absolute atomic E-state index is 0.0773. The van der Waals surface area contributed by atoms with Crippen LogP contribution in [0.4, 0.5) is 11.5 Å². The third kappa shape index (κ3) is 3.84. The van der Waals surface area contributed by atoms with E-state index in [1.165, 1.54) is 0 Å². The van der Waals surface area contributed by atoms with Crippen LogP contribution in [0.25, 0.3) is 0 Å². The highest BCUT2D eigenvalue weighted by molar-refractivity contribution is 5.69. The Morgan fingerprint density at radius 2 is 2.21 bits per heavy atom. The van der Waals surface area contributed by atoms with Gasteiger partial charge < -0.3 is 15.4 Å². The first-order valence-corrected chi connectivity index (χ1v) is 6.81. The first-order valence-electron chi connectivity index (χ1n) is 6.81. The quantitative estimate of drug-likeness (QED) is 0.839. The minimum atomic E-state index is -0.0773. The van der Waals surface area contributed by atoms with Gasteiger partial charge in [0.2, 0.25) is 0 Å². The van der Waals surface area contributed by atoms with Gasteiger partial charge in [0.1, 0.15) is 5.82 Å². The van der Waals surface area contributed by atoms with Gasteiger partial charge in [-0.25, -0.2) is 4.98 Å². The lowest BCUT2D eigenvalue weighted by atomic mass is 9.93. The Labute approximate surface area is 113 Å². The minimum Gasteiger partial charge on any atom is -0.466 e. The number of pyridine rings is 1. The number of rotatable bonds is 4. The Hall–Kier alpha value is -1.78. The second-order valence-electron chi connectivity index (χ2n) is 4.89. The van der Waals surface area contributed by atoms with Crippen molar-refractivity contribution < 1.29 is 9.53 Å². The molecule has 1 aliphatic rings. The third-order valence-corrected chi connectivity index (χ3v) is 3.47. The topological polar surface area (TPSA) is 68.5 Å². The first kappa shape index (κ1) is 13.6. The number of nitrogens with zero attached hydrogens (tertiary/aromatic N) is 2. The normalized spacial score (nSPS) is 16.4. The lowest BCUT2D eigenvalue weighted by Crippen LogP contribution is -2.35. The van der Waals surface area contributed by atoms with E-state index >= 15 is 0 Å². The Morgan fingerprint density at radius 3 is 2.79 bits per heavy atom. The number of piperidine rings is 1. The highest BCUT2D eigenvalue weighted by Crippen LogP contribution is 2.24. The van der Waals surface area contributed by atoms with Crippen molar-refractivity contribution >= 4 is 17.5 Å². The summed E-state index contributed by atoms with van der Waals surface area (Å²) < 4.78 is 4.99. The highest BCUT2D eigenvalue weighted by Gasteiger charge is 2.22. The third-order valence-electron chi connectivity index (χ3n) is 3.47. The summed E-state index contributed by atoms with van der Waals surface area (Å²) in [6.07, 6.45) is 4.23. The molecule has 0 saturated carbocycles. The molecule has 19 heavy (non-hydrogen) atoms. The Morgan fingerprint density at radius 1 is 1.47 bits per heavy atom. The van der Waals surface area contributed by atoms with Gasteiger partial charge in [-0.2, -0.15) is 0 Å². The van der Waals surface area contributed by atoms with Crippen LogP contribution in [0.15, 0.2) is 18.3 Å². The molecule has 0 atom stereocenters. The van der Waals surface area contributed by atoms with Crippen LogP contribution in [0.3, 0.4) is 0 Å². The van der Waals surface area contributed by atoms with Gasteiger partial charge in [0.15, 0.2) is 0 Å². The van der Waals surface area contributed by atoms with E-state index in [9.17, 15) is 4.79 Å². The van der Waals surface area contributed by atoms with E-state index in [4.69, 9.17) is 10.5 Å². The standard InChI is InChI=1S/C14H21N3O2/c1-2-19-14(18)9-11-5-7-17(8-6-11)13-4-3-12(15)10-16-13/h3-4,10-11H,2,5-9,15H2,1H3. The van der Waals surface area contributed by atoms with Crippen LogP contribution in [0.1, 0.15) is 26.2 Å². The lowest BCUT2D eigenvalue weighted by molar-refractivity contribution is -0.144. The van der Waals surface area contributed by atoms with Crippen LogP contribution in [0.5, 0.6) is 0 Å². The predicted molar refractivity (Wildman–Crippen MR) is 74.8 cm³/mol. The van der Waals surface area contributed by atoms with Crippen molar-refractivity contribution in [2.75, 3.05) is 30.3 Å². The average molecular weight is 263 g/mol. The number of aromatic nitrogens is 1. The number of carbonyl (C=O) groups is 1. The Kier molecular flexibility index (Phi) is 4.60. The molecule has 2 N–H and O–H groups in total. The summed E-state index contributed by atoms with van der Waals surface area (Å²) in [4.78, 5) is 18.0. The largest absolute Gasteiger partial charge is 0.466 e. The van der Waals surface area contributed by atoms with Gasteiger partial charge in [0, 0.05) is 19.5 Å². The smallest absolute Gasteiger partial charge is 0.306 e. The fraction of sp³-hybridized carbons (Fsp3) is 0.571. The second kappa shape index (κ2) is 6.41. The van der Waals surface area contributed by atoms with Crippen molar-refractivity contribution in [3.8, 4) is 0 Å². The van der Waals surface area contributed by atoms with E-state index in [1.807, 2.05) is 19.1 Å². The zero-order valence-corrected chi connectivity index (χ0v) is 11.3. The molecular formula is C14H21N3O2. The molecule has 0 bridgehead atoms. The van der Waals surface area contributed by atoms with Crippen LogP contribution in [-0.2, 0) is 9.53 Å². The van der Waals surface area contributed by atoms with Crippen molar-refractivity contribution in [3.63, 3.8) is 0 Å². The monoisotopic (exact) mass is 263 g/mol. The summed E-state index contributed by atoms with van der Waals surface area (Å²) in [6.45, 7) is 4.17. The number of nitrogens with two attached hydrogens (primary N) is 1. The van der Waals surface area contributed by atoms with Gasteiger partial charge >= 0.3 is 5.97 Å². The van der Waals surface area contributed by atoms with Gasteiger partial charge in [0.05, 0.1) is 18.5 Å². The predicted octanol–water partition coefficient (Wildman–Crippen LogP) is 1.83. The molecule has 5 heteroatoms. The maximum absolute atomic E-state index is 11.4. The zero-order valence-electron chi connectivity index (χ0n) is 11.3. The number of anilines is 2. The summed E-state index contributed by atoms with van der Waals surface area (Å²) in [6, 6.07) is 3.81. The molecule has 0 radical (unpaired) electrons. The number of hydrogen-bond donors (Lipinski definition) is 1. The molecule has 104 valence electrons. The van der Waals surface area contributed by atoms with Crippen LogP contribution in [-0.4, -0.2) is 30.6 Å². The summed E-state index contributed by atoms with van der Waals surface area (Å²) in [7, 11) is 0. The number of carbonyl (C=O) groups excluding carboxylic acids is 1. The molecule has 2 heterocycles. The molecule has 0 unspecified atom stereocenters. The van der Waals surface area contributed by atoms with E-state index in [2.05, 4.69) is 9.88 Å². The van der Waals surface area contributed by atoms with E-state index < -0.39 is 0 Å². The first-order chi connectivity index (χ1) is 9.19. The molecular weight excluding hydrogens is 242 g/mol. The zero-order chi connectivity index (χ0) is 13.7. The van der Waals surface area contributed by atoms with E-state index in [1.54, 1.807) is 6.20 Å². The van der Waals surface area contributed by atoms with Crippen molar-refractivity contribution in [1.82, 2.24) is 4.98 Å². The van der Waals surface area contributed by atoms with Crippen molar-refractivity contribution in [2.45, 2.75) is 26.2 Å². The summed E-state index contributed by atoms with van der Waals surface area (Å²) in [5.41, 5.74) is 6.31. The highest BCUT2D eigenvalue weighted by atomic mass is 16.5. The van der Waals surface area contributed by atoms with Crippen molar-refractivity contribution in [3.05, 3.63) is 18.3 Å².